The van der Waals surface area contributed by atoms with Crippen molar-refractivity contribution in [2.75, 3.05) is 20.1 Å². The van der Waals surface area contributed by atoms with Crippen molar-refractivity contribution in [1.29, 1.82) is 0 Å². The molecule has 0 saturated heterocycles. The monoisotopic (exact) mass is 245 g/mol. The van der Waals surface area contributed by atoms with Crippen molar-refractivity contribution < 1.29 is 0 Å². The zero-order valence-corrected chi connectivity index (χ0v) is 9.45. The maximum absolute atomic E-state index is 3.40. The number of hydrogen-bond acceptors (Lipinski definition) is 2. The maximum Gasteiger partial charge on any atom is 0.0357 e. The van der Waals surface area contributed by atoms with Crippen LogP contribution in [-0.4, -0.2) is 25.1 Å². The zero-order chi connectivity index (χ0) is 9.52. The Morgan fingerprint density at radius 2 is 2.31 bits per heavy atom. The Balaban J connectivity index is 2.06. The lowest BCUT2D eigenvalue weighted by Gasteiger charge is -2.02. The minimum atomic E-state index is 0.912. The maximum atomic E-state index is 3.40. The Bertz CT molecular complexity index is 235. The van der Waals surface area contributed by atoms with Crippen LogP contribution in [0.4, 0.5) is 0 Å². The van der Waals surface area contributed by atoms with Gasteiger partial charge in [0.1, 0.15) is 0 Å². The topological polar surface area (TPSA) is 39.8 Å². The van der Waals surface area contributed by atoms with E-state index in [1.54, 1.807) is 0 Å². The highest BCUT2D eigenvalue weighted by Crippen LogP contribution is 2.09. The van der Waals surface area contributed by atoms with E-state index in [4.69, 9.17) is 0 Å². The summed E-state index contributed by atoms with van der Waals surface area (Å²) in [6, 6.07) is 2.09. The molecule has 0 saturated carbocycles. The van der Waals surface area contributed by atoms with Gasteiger partial charge in [0.2, 0.25) is 0 Å². The Kier molecular flexibility index (Phi) is 5.12. The molecule has 0 radical (unpaired) electrons. The predicted octanol–water partition coefficient (Wildman–Crippen LogP) is 1.48. The van der Waals surface area contributed by atoms with E-state index < -0.39 is 0 Å². The SMILES string of the molecule is CNCCCNCc1cc(Br)c[nH]1. The molecule has 0 aliphatic heterocycles. The molecule has 3 N–H and O–H groups in total. The van der Waals surface area contributed by atoms with Gasteiger partial charge in [-0.15, -0.1) is 0 Å². The van der Waals surface area contributed by atoms with Crippen LogP contribution in [0.5, 0.6) is 0 Å². The van der Waals surface area contributed by atoms with E-state index in [1.807, 2.05) is 13.2 Å². The molecule has 0 fully saturated rings. The highest BCUT2D eigenvalue weighted by atomic mass is 79.9. The van der Waals surface area contributed by atoms with Gasteiger partial charge in [0.05, 0.1) is 0 Å². The van der Waals surface area contributed by atoms with Gasteiger partial charge in [-0.1, -0.05) is 0 Å². The minimum absolute atomic E-state index is 0.912. The molecular weight excluding hydrogens is 230 g/mol. The van der Waals surface area contributed by atoms with E-state index in [-0.39, 0.29) is 0 Å². The molecule has 0 atom stereocenters. The number of rotatable bonds is 6. The van der Waals surface area contributed by atoms with Crippen LogP contribution in [0, 0.1) is 0 Å². The first-order chi connectivity index (χ1) is 6.33. The highest BCUT2D eigenvalue weighted by Gasteiger charge is 1.94. The summed E-state index contributed by atoms with van der Waals surface area (Å²) in [6.45, 7) is 3.04. The quantitative estimate of drug-likeness (QED) is 0.665. The van der Waals surface area contributed by atoms with Crippen LogP contribution in [0.1, 0.15) is 12.1 Å². The minimum Gasteiger partial charge on any atom is -0.363 e. The van der Waals surface area contributed by atoms with E-state index in [0.717, 1.165) is 24.1 Å². The number of halogens is 1. The average molecular weight is 246 g/mol. The largest absolute Gasteiger partial charge is 0.363 e. The average Bonchev–Trinajstić information content (AvgIpc) is 2.51. The fourth-order valence-corrected chi connectivity index (χ4v) is 1.52. The number of aromatic amines is 1. The molecule has 4 heteroatoms. The second-order valence-electron chi connectivity index (χ2n) is 2.98. The first kappa shape index (κ1) is 10.8. The summed E-state index contributed by atoms with van der Waals surface area (Å²) >= 11 is 3.40. The third-order valence-corrected chi connectivity index (χ3v) is 2.26. The second-order valence-corrected chi connectivity index (χ2v) is 3.89. The van der Waals surface area contributed by atoms with Crippen molar-refractivity contribution in [1.82, 2.24) is 15.6 Å². The van der Waals surface area contributed by atoms with Gasteiger partial charge < -0.3 is 15.6 Å². The summed E-state index contributed by atoms with van der Waals surface area (Å²) in [7, 11) is 1.97. The first-order valence-electron chi connectivity index (χ1n) is 4.51. The Hall–Kier alpha value is -0.320. The number of nitrogens with one attached hydrogen (secondary N) is 3. The lowest BCUT2D eigenvalue weighted by molar-refractivity contribution is 0.620. The van der Waals surface area contributed by atoms with E-state index in [0.29, 0.717) is 0 Å². The van der Waals surface area contributed by atoms with Gasteiger partial charge in [-0.25, -0.2) is 0 Å². The van der Waals surface area contributed by atoms with Crippen LogP contribution >= 0.6 is 15.9 Å². The van der Waals surface area contributed by atoms with E-state index in [9.17, 15) is 0 Å². The summed E-state index contributed by atoms with van der Waals surface area (Å²) in [6.07, 6.45) is 3.11. The van der Waals surface area contributed by atoms with Crippen molar-refractivity contribution in [2.24, 2.45) is 0 Å². The van der Waals surface area contributed by atoms with E-state index in [1.165, 1.54) is 12.1 Å². The molecular formula is C9H16BrN3. The summed E-state index contributed by atoms with van der Waals surface area (Å²) < 4.78 is 1.11. The van der Waals surface area contributed by atoms with Crippen molar-refractivity contribution in [3.8, 4) is 0 Å². The van der Waals surface area contributed by atoms with Crippen molar-refractivity contribution in [2.45, 2.75) is 13.0 Å². The molecule has 74 valence electrons. The van der Waals surface area contributed by atoms with Crippen LogP contribution < -0.4 is 10.6 Å². The molecule has 1 rings (SSSR count). The second kappa shape index (κ2) is 6.18. The Morgan fingerprint density at radius 1 is 1.46 bits per heavy atom. The third-order valence-electron chi connectivity index (χ3n) is 1.80. The lowest BCUT2D eigenvalue weighted by Crippen LogP contribution is -2.19. The standard InChI is InChI=1S/C9H16BrN3/c1-11-3-2-4-12-7-9-5-8(10)6-13-9/h5-6,11-13H,2-4,7H2,1H3. The summed E-state index contributed by atoms with van der Waals surface area (Å²) in [5, 5.41) is 6.47. The van der Waals surface area contributed by atoms with Gasteiger partial charge in [-0.05, 0) is 48.6 Å². The van der Waals surface area contributed by atoms with Crippen LogP contribution in [0.3, 0.4) is 0 Å². The van der Waals surface area contributed by atoms with Crippen molar-refractivity contribution >= 4 is 15.9 Å². The third kappa shape index (κ3) is 4.45. The molecule has 0 amide bonds. The smallest absolute Gasteiger partial charge is 0.0357 e. The number of H-pyrrole nitrogens is 1. The van der Waals surface area contributed by atoms with Crippen LogP contribution in [0.15, 0.2) is 16.7 Å². The molecule has 1 aromatic heterocycles. The summed E-state index contributed by atoms with van der Waals surface area (Å²) in [5.41, 5.74) is 1.22. The molecule has 1 aromatic rings. The van der Waals surface area contributed by atoms with Gasteiger partial charge in [0, 0.05) is 22.9 Å². The van der Waals surface area contributed by atoms with Crippen molar-refractivity contribution in [3.63, 3.8) is 0 Å². The van der Waals surface area contributed by atoms with Crippen LogP contribution in [0.2, 0.25) is 0 Å². The molecule has 0 aliphatic rings. The first-order valence-corrected chi connectivity index (χ1v) is 5.30. The normalized spacial score (nSPS) is 10.6. The molecule has 0 unspecified atom stereocenters. The Labute approximate surface area is 87.4 Å². The van der Waals surface area contributed by atoms with E-state index in [2.05, 4.69) is 37.6 Å². The Morgan fingerprint density at radius 3 is 2.92 bits per heavy atom. The van der Waals surface area contributed by atoms with Gasteiger partial charge in [-0.3, -0.25) is 0 Å². The van der Waals surface area contributed by atoms with Crippen LogP contribution in [-0.2, 0) is 6.54 Å². The van der Waals surface area contributed by atoms with Gasteiger partial charge in [0.15, 0.2) is 0 Å². The fraction of sp³-hybridized carbons (Fsp3) is 0.556. The molecule has 3 nitrogen and oxygen atoms in total. The fourth-order valence-electron chi connectivity index (χ4n) is 1.13. The van der Waals surface area contributed by atoms with Gasteiger partial charge in [-0.2, -0.15) is 0 Å². The molecule has 0 bridgehead atoms. The highest BCUT2D eigenvalue weighted by molar-refractivity contribution is 9.10. The molecule has 13 heavy (non-hydrogen) atoms. The molecule has 0 aliphatic carbocycles. The molecule has 0 spiro atoms. The van der Waals surface area contributed by atoms with Gasteiger partial charge >= 0.3 is 0 Å². The predicted molar refractivity (Wildman–Crippen MR) is 58.7 cm³/mol. The summed E-state index contributed by atoms with van der Waals surface area (Å²) in [4.78, 5) is 3.17. The number of aromatic nitrogens is 1. The number of hydrogen-bond donors (Lipinski definition) is 3. The lowest BCUT2D eigenvalue weighted by atomic mass is 10.4. The molecule has 0 aromatic carbocycles. The van der Waals surface area contributed by atoms with Crippen molar-refractivity contribution in [3.05, 3.63) is 22.4 Å². The zero-order valence-electron chi connectivity index (χ0n) is 7.86. The molecule has 1 heterocycles. The van der Waals surface area contributed by atoms with Crippen LogP contribution in [0.25, 0.3) is 0 Å². The summed E-state index contributed by atoms with van der Waals surface area (Å²) in [5.74, 6) is 0. The van der Waals surface area contributed by atoms with Gasteiger partial charge in [0.25, 0.3) is 0 Å². The van der Waals surface area contributed by atoms with E-state index >= 15 is 0 Å².